The molecule has 0 radical (unpaired) electrons. The van der Waals surface area contributed by atoms with Crippen LogP contribution < -0.4 is 4.74 Å². The average Bonchev–Trinajstić information content (AvgIpc) is 2.80. The van der Waals surface area contributed by atoms with Crippen molar-refractivity contribution in [2.24, 2.45) is 5.41 Å². The molecule has 28 heavy (non-hydrogen) atoms. The fraction of sp³-hybridized carbons (Fsp3) is 0.619. The third-order valence-electron chi connectivity index (χ3n) is 4.62. The number of carbonyl (C=O) groups excluding carboxylic acids is 2. The number of benzene rings is 1. The summed E-state index contributed by atoms with van der Waals surface area (Å²) in [5.41, 5.74) is -0.364. The van der Waals surface area contributed by atoms with Gasteiger partial charge in [-0.25, -0.2) is 9.18 Å². The number of likely N-dealkylation sites (N-methyl/N-ethyl adjacent to an activating group) is 1. The molecular formula is C21H31FN2O4. The Balaban J connectivity index is 2.43. The van der Waals surface area contributed by atoms with Crippen molar-refractivity contribution in [3.8, 4) is 5.75 Å². The number of nitrogens with zero attached hydrogens (tertiary/aromatic N) is 2. The highest BCUT2D eigenvalue weighted by molar-refractivity contribution is 5.89. The van der Waals surface area contributed by atoms with Crippen molar-refractivity contribution < 1.29 is 23.5 Å². The molecule has 156 valence electrons. The van der Waals surface area contributed by atoms with Crippen molar-refractivity contribution in [1.82, 2.24) is 9.80 Å². The van der Waals surface area contributed by atoms with E-state index < -0.39 is 29.7 Å². The number of ether oxygens (including phenoxy) is 2. The van der Waals surface area contributed by atoms with Crippen LogP contribution in [0.5, 0.6) is 5.75 Å². The molecule has 6 nitrogen and oxygen atoms in total. The number of hydrogen-bond acceptors (Lipinski definition) is 4. The molecular weight excluding hydrogens is 363 g/mol. The lowest BCUT2D eigenvalue weighted by molar-refractivity contribution is -0.129. The number of rotatable bonds is 3. The summed E-state index contributed by atoms with van der Waals surface area (Å²) in [5, 5.41) is 0. The summed E-state index contributed by atoms with van der Waals surface area (Å²) in [6, 6.07) is 3.72. The van der Waals surface area contributed by atoms with Gasteiger partial charge in [0.25, 0.3) is 0 Å². The Labute approximate surface area is 166 Å². The normalized spacial score (nSPS) is 20.5. The smallest absolute Gasteiger partial charge is 0.412 e. The van der Waals surface area contributed by atoms with E-state index in [9.17, 15) is 14.0 Å². The van der Waals surface area contributed by atoms with Crippen molar-refractivity contribution in [2.45, 2.75) is 65.8 Å². The van der Waals surface area contributed by atoms with E-state index in [0.29, 0.717) is 5.56 Å². The first-order valence-electron chi connectivity index (χ1n) is 9.36. The molecule has 1 heterocycles. The zero-order valence-electron chi connectivity index (χ0n) is 18.0. The minimum atomic E-state index is -0.737. The first-order valence-corrected chi connectivity index (χ1v) is 9.36. The predicted molar refractivity (Wildman–Crippen MR) is 105 cm³/mol. The van der Waals surface area contributed by atoms with Gasteiger partial charge in [0.1, 0.15) is 17.8 Å². The number of amides is 2. The summed E-state index contributed by atoms with van der Waals surface area (Å²) < 4.78 is 24.4. The number of methoxy groups -OCH3 is 1. The predicted octanol–water partition coefficient (Wildman–Crippen LogP) is 3.83. The molecule has 0 saturated carbocycles. The fourth-order valence-electron chi connectivity index (χ4n) is 3.61. The van der Waals surface area contributed by atoms with Crippen molar-refractivity contribution >= 4 is 12.0 Å². The molecule has 1 saturated heterocycles. The van der Waals surface area contributed by atoms with Crippen LogP contribution in [0.3, 0.4) is 0 Å². The standard InChI is InChI=1S/C21H31FN2O4/c1-20(2,3)18-23(7)17(25)15(24(18)19(26)28-21(4,5)6)11-13-9-10-14(22)16(12-13)27-8/h9-10,12,15,18H,11H2,1-8H3/t15-,18-/m0/s1. The van der Waals surface area contributed by atoms with E-state index >= 15 is 0 Å². The largest absolute Gasteiger partial charge is 0.494 e. The Morgan fingerprint density at radius 2 is 1.79 bits per heavy atom. The second-order valence-electron chi connectivity index (χ2n) is 9.27. The first-order chi connectivity index (χ1) is 12.8. The Bertz CT molecular complexity index is 752. The van der Waals surface area contributed by atoms with Gasteiger partial charge in [0.2, 0.25) is 5.91 Å². The Hall–Kier alpha value is -2.31. The lowest BCUT2D eigenvalue weighted by atomic mass is 9.91. The van der Waals surface area contributed by atoms with Crippen molar-refractivity contribution in [3.05, 3.63) is 29.6 Å². The van der Waals surface area contributed by atoms with Gasteiger partial charge in [-0.1, -0.05) is 26.8 Å². The first kappa shape index (κ1) is 22.0. The molecule has 2 rings (SSSR count). The fourth-order valence-corrected chi connectivity index (χ4v) is 3.61. The monoisotopic (exact) mass is 394 g/mol. The Kier molecular flexibility index (Phi) is 5.97. The van der Waals surface area contributed by atoms with Gasteiger partial charge in [0.15, 0.2) is 11.6 Å². The van der Waals surface area contributed by atoms with Crippen LogP contribution >= 0.6 is 0 Å². The van der Waals surface area contributed by atoms with Crippen molar-refractivity contribution in [3.63, 3.8) is 0 Å². The van der Waals surface area contributed by atoms with Gasteiger partial charge in [-0.05, 0) is 38.5 Å². The van der Waals surface area contributed by atoms with E-state index in [0.717, 1.165) is 0 Å². The van der Waals surface area contributed by atoms with E-state index in [1.807, 2.05) is 20.8 Å². The molecule has 1 aromatic carbocycles. The quantitative estimate of drug-likeness (QED) is 0.782. The third kappa shape index (κ3) is 4.56. The molecule has 0 unspecified atom stereocenters. The molecule has 1 fully saturated rings. The molecule has 7 heteroatoms. The van der Waals surface area contributed by atoms with Gasteiger partial charge in [-0.2, -0.15) is 0 Å². The Morgan fingerprint density at radius 1 is 1.18 bits per heavy atom. The molecule has 1 aromatic rings. The van der Waals surface area contributed by atoms with Gasteiger partial charge in [-0.3, -0.25) is 9.69 Å². The maximum atomic E-state index is 13.7. The summed E-state index contributed by atoms with van der Waals surface area (Å²) in [7, 11) is 3.08. The molecule has 0 N–H and O–H groups in total. The number of hydrogen-bond donors (Lipinski definition) is 0. The molecule has 0 aliphatic carbocycles. The van der Waals surface area contributed by atoms with E-state index in [2.05, 4.69) is 0 Å². The van der Waals surface area contributed by atoms with Crippen LogP contribution in [0.25, 0.3) is 0 Å². The molecule has 1 aliphatic rings. The zero-order chi connectivity index (χ0) is 21.4. The van der Waals surface area contributed by atoms with Crippen LogP contribution in [0.15, 0.2) is 18.2 Å². The van der Waals surface area contributed by atoms with Crippen LogP contribution in [0.2, 0.25) is 0 Å². The topological polar surface area (TPSA) is 59.1 Å². The molecule has 1 aliphatic heterocycles. The average molecular weight is 394 g/mol. The van der Waals surface area contributed by atoms with E-state index in [4.69, 9.17) is 9.47 Å². The summed E-state index contributed by atoms with van der Waals surface area (Å²) in [5.74, 6) is -0.542. The summed E-state index contributed by atoms with van der Waals surface area (Å²) in [6.45, 7) is 11.3. The van der Waals surface area contributed by atoms with Gasteiger partial charge in [-0.15, -0.1) is 0 Å². The van der Waals surface area contributed by atoms with Gasteiger partial charge >= 0.3 is 6.09 Å². The highest BCUT2D eigenvalue weighted by Crippen LogP contribution is 2.36. The van der Waals surface area contributed by atoms with Gasteiger partial charge in [0, 0.05) is 18.9 Å². The van der Waals surface area contributed by atoms with Crippen LogP contribution in [0.4, 0.5) is 9.18 Å². The van der Waals surface area contributed by atoms with Crippen LogP contribution in [-0.4, -0.2) is 53.8 Å². The summed E-state index contributed by atoms with van der Waals surface area (Å²) in [4.78, 5) is 29.2. The zero-order valence-corrected chi connectivity index (χ0v) is 18.0. The number of halogens is 1. The lowest BCUT2D eigenvalue weighted by Crippen LogP contribution is -2.52. The maximum absolute atomic E-state index is 13.7. The van der Waals surface area contributed by atoms with Crippen LogP contribution in [-0.2, 0) is 16.0 Å². The van der Waals surface area contributed by atoms with Gasteiger partial charge < -0.3 is 14.4 Å². The maximum Gasteiger partial charge on any atom is 0.412 e. The van der Waals surface area contributed by atoms with Crippen molar-refractivity contribution in [2.75, 3.05) is 14.2 Å². The minimum Gasteiger partial charge on any atom is -0.494 e. The second kappa shape index (κ2) is 7.60. The van der Waals surface area contributed by atoms with E-state index in [1.54, 1.807) is 44.9 Å². The number of carbonyl (C=O) groups is 2. The Morgan fingerprint density at radius 3 is 2.29 bits per heavy atom. The SMILES string of the molecule is COc1cc(C[C@H]2C(=O)N(C)[C@H](C(C)(C)C)N2C(=O)OC(C)(C)C)ccc1F. The van der Waals surface area contributed by atoms with Crippen molar-refractivity contribution in [1.29, 1.82) is 0 Å². The third-order valence-corrected chi connectivity index (χ3v) is 4.62. The van der Waals surface area contributed by atoms with E-state index in [1.165, 1.54) is 18.1 Å². The highest BCUT2D eigenvalue weighted by Gasteiger charge is 2.52. The van der Waals surface area contributed by atoms with Crippen LogP contribution in [0.1, 0.15) is 47.1 Å². The second-order valence-corrected chi connectivity index (χ2v) is 9.27. The molecule has 2 atom stereocenters. The minimum absolute atomic E-state index is 0.104. The van der Waals surface area contributed by atoms with Gasteiger partial charge in [0.05, 0.1) is 7.11 Å². The summed E-state index contributed by atoms with van der Waals surface area (Å²) in [6.07, 6.45) is -0.752. The molecule has 0 bridgehead atoms. The van der Waals surface area contributed by atoms with Crippen LogP contribution in [0, 0.1) is 11.2 Å². The highest BCUT2D eigenvalue weighted by atomic mass is 19.1. The molecule has 0 aromatic heterocycles. The molecule has 0 spiro atoms. The van der Waals surface area contributed by atoms with E-state index in [-0.39, 0.29) is 23.5 Å². The molecule has 2 amide bonds. The lowest BCUT2D eigenvalue weighted by Gasteiger charge is -2.39. The summed E-state index contributed by atoms with van der Waals surface area (Å²) >= 11 is 0.